The average Bonchev–Trinajstić information content (AvgIpc) is 3.02. The van der Waals surface area contributed by atoms with E-state index in [1.54, 1.807) is 12.1 Å². The summed E-state index contributed by atoms with van der Waals surface area (Å²) in [5.74, 6) is -0.111. The molecule has 1 N–H and O–H groups in total. The molecule has 0 amide bonds. The molecule has 2 bridgehead atoms. The maximum absolute atomic E-state index is 13.0. The van der Waals surface area contributed by atoms with Crippen LogP contribution in [0.3, 0.4) is 0 Å². The van der Waals surface area contributed by atoms with Crippen LogP contribution in [0.1, 0.15) is 50.4 Å². The summed E-state index contributed by atoms with van der Waals surface area (Å²) in [7, 11) is -2.56. The molecular formula is C18H25NO4S. The molecule has 3 rings (SSSR count). The summed E-state index contributed by atoms with van der Waals surface area (Å²) in [5, 5.41) is 0. The van der Waals surface area contributed by atoms with Crippen molar-refractivity contribution in [2.45, 2.75) is 51.0 Å². The van der Waals surface area contributed by atoms with Crippen LogP contribution in [0.15, 0.2) is 29.2 Å². The van der Waals surface area contributed by atoms with Crippen molar-refractivity contribution in [3.05, 3.63) is 29.8 Å². The number of benzene rings is 1. The Morgan fingerprint density at radius 1 is 1.25 bits per heavy atom. The van der Waals surface area contributed by atoms with Gasteiger partial charge in [0.2, 0.25) is 10.0 Å². The molecule has 0 aliphatic heterocycles. The Labute approximate surface area is 143 Å². The fourth-order valence-corrected chi connectivity index (χ4v) is 6.52. The fraction of sp³-hybridized carbons (Fsp3) is 0.611. The van der Waals surface area contributed by atoms with Crippen molar-refractivity contribution in [1.29, 1.82) is 0 Å². The largest absolute Gasteiger partial charge is 0.465 e. The highest BCUT2D eigenvalue weighted by Gasteiger charge is 2.60. The molecule has 1 aromatic carbocycles. The van der Waals surface area contributed by atoms with Gasteiger partial charge >= 0.3 is 5.97 Å². The van der Waals surface area contributed by atoms with Gasteiger partial charge < -0.3 is 4.74 Å². The third-order valence-corrected chi connectivity index (χ3v) is 7.61. The summed E-state index contributed by atoms with van der Waals surface area (Å²) in [5.41, 5.74) is -0.0551. The zero-order valence-electron chi connectivity index (χ0n) is 14.6. The van der Waals surface area contributed by atoms with Crippen LogP contribution < -0.4 is 4.72 Å². The molecule has 5 nitrogen and oxygen atoms in total. The SMILES string of the molecule is COC(=O)c1ccccc1S(=O)(=O)N[C@H]1C(C)(C)[C@H]2CC[C@@]1(C)C2. The number of fused-ring (bicyclic) bond motifs is 2. The number of methoxy groups -OCH3 is 1. The normalized spacial score (nSPS) is 31.2. The molecule has 24 heavy (non-hydrogen) atoms. The van der Waals surface area contributed by atoms with Crippen molar-refractivity contribution >= 4 is 16.0 Å². The van der Waals surface area contributed by atoms with E-state index >= 15 is 0 Å². The highest BCUT2D eigenvalue weighted by atomic mass is 32.2. The van der Waals surface area contributed by atoms with Crippen molar-refractivity contribution in [3.63, 3.8) is 0 Å². The molecule has 3 atom stereocenters. The van der Waals surface area contributed by atoms with E-state index in [-0.39, 0.29) is 27.3 Å². The van der Waals surface area contributed by atoms with E-state index < -0.39 is 16.0 Å². The summed E-state index contributed by atoms with van der Waals surface area (Å²) in [6.07, 6.45) is 3.24. The van der Waals surface area contributed by atoms with Gasteiger partial charge in [0.25, 0.3) is 0 Å². The first-order valence-corrected chi connectivity index (χ1v) is 9.80. The number of hydrogen-bond donors (Lipinski definition) is 1. The van der Waals surface area contributed by atoms with Crippen molar-refractivity contribution in [3.8, 4) is 0 Å². The summed E-state index contributed by atoms with van der Waals surface area (Å²) in [6, 6.07) is 6.05. The summed E-state index contributed by atoms with van der Waals surface area (Å²) in [4.78, 5) is 11.9. The molecule has 2 fully saturated rings. The third kappa shape index (κ3) is 2.56. The predicted octanol–water partition coefficient (Wildman–Crippen LogP) is 2.97. The lowest BCUT2D eigenvalue weighted by Gasteiger charge is -2.42. The van der Waals surface area contributed by atoms with Crippen LogP contribution in [0.4, 0.5) is 0 Å². The fourth-order valence-electron chi connectivity index (χ4n) is 4.79. The van der Waals surface area contributed by atoms with Crippen molar-refractivity contribution in [1.82, 2.24) is 4.72 Å². The topological polar surface area (TPSA) is 72.5 Å². The zero-order valence-corrected chi connectivity index (χ0v) is 15.4. The van der Waals surface area contributed by atoms with Gasteiger partial charge in [-0.05, 0) is 48.1 Å². The molecule has 2 aliphatic carbocycles. The number of esters is 1. The van der Waals surface area contributed by atoms with E-state index in [2.05, 4.69) is 25.5 Å². The van der Waals surface area contributed by atoms with Crippen LogP contribution in [0.5, 0.6) is 0 Å². The van der Waals surface area contributed by atoms with E-state index in [9.17, 15) is 13.2 Å². The first-order chi connectivity index (χ1) is 11.1. The van der Waals surface area contributed by atoms with Crippen LogP contribution in [0, 0.1) is 16.7 Å². The molecule has 0 spiro atoms. The lowest BCUT2D eigenvalue weighted by atomic mass is 9.69. The van der Waals surface area contributed by atoms with Crippen LogP contribution in [-0.4, -0.2) is 27.5 Å². The zero-order chi connectivity index (χ0) is 17.8. The lowest BCUT2D eigenvalue weighted by molar-refractivity contribution is 0.0596. The van der Waals surface area contributed by atoms with E-state index in [0.29, 0.717) is 5.92 Å². The van der Waals surface area contributed by atoms with E-state index in [0.717, 1.165) is 19.3 Å². The second-order valence-corrected chi connectivity index (χ2v) is 9.64. The Bertz CT molecular complexity index is 766. The van der Waals surface area contributed by atoms with E-state index in [1.165, 1.54) is 19.2 Å². The van der Waals surface area contributed by atoms with Gasteiger partial charge in [0.05, 0.1) is 17.6 Å². The second-order valence-electron chi connectivity index (χ2n) is 7.96. The molecular weight excluding hydrogens is 326 g/mol. The van der Waals surface area contributed by atoms with Gasteiger partial charge in [-0.1, -0.05) is 32.9 Å². The first-order valence-electron chi connectivity index (χ1n) is 8.31. The Balaban J connectivity index is 1.98. The number of sulfonamides is 1. The Hall–Kier alpha value is -1.40. The quantitative estimate of drug-likeness (QED) is 0.847. The number of hydrogen-bond acceptors (Lipinski definition) is 4. The molecule has 0 saturated heterocycles. The van der Waals surface area contributed by atoms with Gasteiger partial charge in [0.1, 0.15) is 0 Å². The summed E-state index contributed by atoms with van der Waals surface area (Å²) < 4.78 is 33.7. The number of carbonyl (C=O) groups is 1. The molecule has 6 heteroatoms. The maximum Gasteiger partial charge on any atom is 0.339 e. The minimum Gasteiger partial charge on any atom is -0.465 e. The van der Waals surface area contributed by atoms with Crippen LogP contribution in [-0.2, 0) is 14.8 Å². The minimum atomic E-state index is -3.81. The Morgan fingerprint density at radius 2 is 1.92 bits per heavy atom. The molecule has 0 radical (unpaired) electrons. The van der Waals surface area contributed by atoms with Crippen molar-refractivity contribution in [2.24, 2.45) is 16.7 Å². The van der Waals surface area contributed by atoms with Gasteiger partial charge in [-0.25, -0.2) is 17.9 Å². The predicted molar refractivity (Wildman–Crippen MR) is 91.1 cm³/mol. The average molecular weight is 351 g/mol. The molecule has 0 unspecified atom stereocenters. The van der Waals surface area contributed by atoms with Gasteiger partial charge in [-0.2, -0.15) is 0 Å². The summed E-state index contributed by atoms with van der Waals surface area (Å²) in [6.45, 7) is 6.45. The van der Waals surface area contributed by atoms with Gasteiger partial charge in [-0.3, -0.25) is 0 Å². The maximum atomic E-state index is 13.0. The lowest BCUT2D eigenvalue weighted by Crippen LogP contribution is -2.52. The Kier molecular flexibility index (Phi) is 4.04. The molecule has 1 aromatic rings. The molecule has 132 valence electrons. The molecule has 2 aliphatic rings. The van der Waals surface area contributed by atoms with Crippen LogP contribution in [0.25, 0.3) is 0 Å². The van der Waals surface area contributed by atoms with Crippen molar-refractivity contribution < 1.29 is 17.9 Å². The minimum absolute atomic E-state index is 0.0148. The summed E-state index contributed by atoms with van der Waals surface area (Å²) >= 11 is 0. The first kappa shape index (κ1) is 17.4. The van der Waals surface area contributed by atoms with Crippen LogP contribution >= 0.6 is 0 Å². The standard InChI is InChI=1S/C18H25NO4S/c1-17(2)12-9-10-18(3,11-12)16(17)19-24(21,22)14-8-6-5-7-13(14)15(20)23-4/h5-8,12,16,19H,9-11H2,1-4H3/t12-,16-,18-/m0/s1. The highest BCUT2D eigenvalue weighted by Crippen LogP contribution is 2.62. The Morgan fingerprint density at radius 3 is 2.50 bits per heavy atom. The van der Waals surface area contributed by atoms with Gasteiger partial charge in [0.15, 0.2) is 0 Å². The third-order valence-electron chi connectivity index (χ3n) is 6.12. The molecule has 0 aromatic heterocycles. The molecule has 2 saturated carbocycles. The van der Waals surface area contributed by atoms with Gasteiger partial charge in [-0.15, -0.1) is 0 Å². The number of rotatable bonds is 4. The second kappa shape index (κ2) is 5.56. The number of nitrogens with one attached hydrogen (secondary N) is 1. The monoisotopic (exact) mass is 351 g/mol. The highest BCUT2D eigenvalue weighted by molar-refractivity contribution is 7.89. The number of ether oxygens (including phenoxy) is 1. The van der Waals surface area contributed by atoms with E-state index in [4.69, 9.17) is 4.74 Å². The molecule has 0 heterocycles. The van der Waals surface area contributed by atoms with Crippen LogP contribution in [0.2, 0.25) is 0 Å². The van der Waals surface area contributed by atoms with Gasteiger partial charge in [0, 0.05) is 6.04 Å². The van der Waals surface area contributed by atoms with E-state index in [1.807, 2.05) is 0 Å². The number of carbonyl (C=O) groups excluding carboxylic acids is 1. The van der Waals surface area contributed by atoms with Crippen molar-refractivity contribution in [2.75, 3.05) is 7.11 Å². The smallest absolute Gasteiger partial charge is 0.339 e.